The lowest BCUT2D eigenvalue weighted by Crippen LogP contribution is -2.32. The van der Waals surface area contributed by atoms with Gasteiger partial charge in [0, 0.05) is 34.2 Å². The molecule has 38 heavy (non-hydrogen) atoms. The molecule has 1 aromatic heterocycles. The van der Waals surface area contributed by atoms with Crippen LogP contribution in [0, 0.1) is 10.1 Å². The van der Waals surface area contributed by atoms with E-state index in [4.69, 9.17) is 11.6 Å². The molecule has 1 aliphatic rings. The number of anilines is 3. The fraction of sp³-hybridized carbons (Fsp3) is 0.0741. The first kappa shape index (κ1) is 24.7. The molecular weight excluding hydrogens is 508 g/mol. The van der Waals surface area contributed by atoms with Gasteiger partial charge in [0.2, 0.25) is 0 Å². The van der Waals surface area contributed by atoms with Gasteiger partial charge >= 0.3 is 0 Å². The minimum absolute atomic E-state index is 0.0841. The molecular formula is C27H21ClN6O4. The highest BCUT2D eigenvalue weighted by Crippen LogP contribution is 2.38. The van der Waals surface area contributed by atoms with Crippen molar-refractivity contribution in [2.24, 2.45) is 0 Å². The number of aromatic nitrogens is 2. The molecule has 10 nitrogen and oxygen atoms in total. The summed E-state index contributed by atoms with van der Waals surface area (Å²) in [7, 11) is 0. The van der Waals surface area contributed by atoms with Crippen molar-refractivity contribution in [3.63, 3.8) is 0 Å². The average molecular weight is 529 g/mol. The molecule has 4 aromatic rings. The Kier molecular flexibility index (Phi) is 6.63. The summed E-state index contributed by atoms with van der Waals surface area (Å²) in [5, 5.41) is 25.1. The van der Waals surface area contributed by atoms with Crippen LogP contribution in [-0.2, 0) is 4.79 Å². The van der Waals surface area contributed by atoms with Crippen molar-refractivity contribution in [3.8, 4) is 0 Å². The first-order valence-electron chi connectivity index (χ1n) is 11.5. The minimum Gasteiger partial charge on any atom is -0.343 e. The van der Waals surface area contributed by atoms with Crippen molar-refractivity contribution in [1.82, 2.24) is 9.78 Å². The molecule has 2 heterocycles. The van der Waals surface area contributed by atoms with E-state index in [9.17, 15) is 19.7 Å². The highest BCUT2D eigenvalue weighted by atomic mass is 35.5. The average Bonchev–Trinajstić information content (AvgIpc) is 3.33. The molecule has 0 fully saturated rings. The number of carbonyl (C=O) groups excluding carboxylic acids is 2. The Labute approximate surface area is 222 Å². The van der Waals surface area contributed by atoms with Crippen LogP contribution in [-0.4, -0.2) is 26.5 Å². The molecule has 1 unspecified atom stereocenters. The normalized spacial score (nSPS) is 14.3. The Morgan fingerprint density at radius 3 is 2.24 bits per heavy atom. The molecule has 0 aliphatic carbocycles. The lowest BCUT2D eigenvalue weighted by atomic mass is 9.94. The largest absolute Gasteiger partial charge is 0.343 e. The van der Waals surface area contributed by atoms with Gasteiger partial charge in [-0.05, 0) is 61.0 Å². The summed E-state index contributed by atoms with van der Waals surface area (Å²) in [4.78, 5) is 37.4. The SMILES string of the molecule is CC1=C(C(=O)Nc2ccc(Cl)cc2)C(c2ccc([N+](=O)[O-])cc2)n2ncc(C(=O)Nc3ccccc3)c2N1. The number of para-hydroxylation sites is 1. The van der Waals surface area contributed by atoms with E-state index in [0.29, 0.717) is 39.0 Å². The molecule has 0 saturated heterocycles. The molecule has 0 spiro atoms. The second-order valence-electron chi connectivity index (χ2n) is 8.55. The molecule has 11 heteroatoms. The molecule has 0 radical (unpaired) electrons. The summed E-state index contributed by atoms with van der Waals surface area (Å²) in [6.07, 6.45) is 1.42. The monoisotopic (exact) mass is 528 g/mol. The molecule has 0 bridgehead atoms. The van der Waals surface area contributed by atoms with Gasteiger partial charge in [-0.2, -0.15) is 5.10 Å². The quantitative estimate of drug-likeness (QED) is 0.220. The number of nitrogens with zero attached hydrogens (tertiary/aromatic N) is 3. The van der Waals surface area contributed by atoms with Gasteiger partial charge < -0.3 is 16.0 Å². The van der Waals surface area contributed by atoms with E-state index in [2.05, 4.69) is 21.0 Å². The van der Waals surface area contributed by atoms with E-state index in [1.165, 1.54) is 23.0 Å². The predicted octanol–water partition coefficient (Wildman–Crippen LogP) is 5.62. The molecule has 1 atom stereocenters. The van der Waals surface area contributed by atoms with Crippen molar-refractivity contribution >= 4 is 46.3 Å². The van der Waals surface area contributed by atoms with Crippen molar-refractivity contribution in [1.29, 1.82) is 0 Å². The summed E-state index contributed by atoms with van der Waals surface area (Å²) in [5.74, 6) is -0.395. The number of fused-ring (bicyclic) bond motifs is 1. The number of nitro benzene ring substituents is 1. The van der Waals surface area contributed by atoms with E-state index in [-0.39, 0.29) is 17.2 Å². The Morgan fingerprint density at radius 1 is 0.947 bits per heavy atom. The number of halogens is 1. The number of nitrogens with one attached hydrogen (secondary N) is 3. The van der Waals surface area contributed by atoms with Gasteiger partial charge in [-0.15, -0.1) is 0 Å². The first-order valence-corrected chi connectivity index (χ1v) is 11.9. The predicted molar refractivity (Wildman–Crippen MR) is 144 cm³/mol. The summed E-state index contributed by atoms with van der Waals surface area (Å²) in [6.45, 7) is 1.73. The first-order chi connectivity index (χ1) is 18.3. The third kappa shape index (κ3) is 4.84. The summed E-state index contributed by atoms with van der Waals surface area (Å²) in [5.41, 5.74) is 2.77. The summed E-state index contributed by atoms with van der Waals surface area (Å²) < 4.78 is 1.53. The van der Waals surface area contributed by atoms with E-state index in [1.54, 1.807) is 55.5 Å². The highest BCUT2D eigenvalue weighted by molar-refractivity contribution is 6.30. The standard InChI is InChI=1S/C27H21ClN6O4/c1-16-23(27(36)32-20-11-9-18(28)10-12-20)24(17-7-13-21(14-8-17)34(37)38)33-25(30-16)22(15-29-33)26(35)31-19-5-3-2-4-6-19/h2-15,24,30H,1H3,(H,31,35)(H,32,36). The van der Waals surface area contributed by atoms with E-state index >= 15 is 0 Å². The van der Waals surface area contributed by atoms with Gasteiger partial charge in [0.05, 0.1) is 16.7 Å². The Bertz CT molecular complexity index is 1560. The van der Waals surface area contributed by atoms with Crippen LogP contribution in [0.3, 0.4) is 0 Å². The maximum Gasteiger partial charge on any atom is 0.269 e. The molecule has 3 aromatic carbocycles. The Hall–Kier alpha value is -4.96. The zero-order valence-electron chi connectivity index (χ0n) is 20.0. The van der Waals surface area contributed by atoms with Crippen LogP contribution in [0.25, 0.3) is 0 Å². The lowest BCUT2D eigenvalue weighted by Gasteiger charge is -2.30. The number of allylic oxidation sites excluding steroid dienone is 1. The minimum atomic E-state index is -0.766. The number of nitro groups is 1. The number of amides is 2. The highest BCUT2D eigenvalue weighted by Gasteiger charge is 2.35. The molecule has 5 rings (SSSR count). The van der Waals surface area contributed by atoms with Gasteiger partial charge in [0.15, 0.2) is 0 Å². The van der Waals surface area contributed by atoms with Crippen LogP contribution < -0.4 is 16.0 Å². The van der Waals surface area contributed by atoms with Crippen LogP contribution in [0.1, 0.15) is 28.9 Å². The number of benzene rings is 3. The van der Waals surface area contributed by atoms with Gasteiger partial charge in [-0.3, -0.25) is 19.7 Å². The number of hydrogen-bond acceptors (Lipinski definition) is 6. The third-order valence-electron chi connectivity index (χ3n) is 6.07. The second-order valence-corrected chi connectivity index (χ2v) is 8.98. The zero-order chi connectivity index (χ0) is 26.8. The maximum absolute atomic E-state index is 13.5. The van der Waals surface area contributed by atoms with Gasteiger partial charge in [-0.1, -0.05) is 29.8 Å². The number of carbonyl (C=O) groups is 2. The summed E-state index contributed by atoms with van der Waals surface area (Å²) >= 11 is 5.97. The van der Waals surface area contributed by atoms with Crippen molar-refractivity contribution < 1.29 is 14.5 Å². The van der Waals surface area contributed by atoms with E-state index in [0.717, 1.165) is 0 Å². The van der Waals surface area contributed by atoms with Crippen LogP contribution in [0.5, 0.6) is 0 Å². The number of hydrogen-bond donors (Lipinski definition) is 3. The Morgan fingerprint density at radius 2 is 1.58 bits per heavy atom. The fourth-order valence-corrected chi connectivity index (χ4v) is 4.38. The molecule has 0 saturated carbocycles. The molecule has 3 N–H and O–H groups in total. The molecule has 1 aliphatic heterocycles. The van der Waals surface area contributed by atoms with E-state index in [1.807, 2.05) is 18.2 Å². The van der Waals surface area contributed by atoms with Crippen LogP contribution >= 0.6 is 11.6 Å². The van der Waals surface area contributed by atoms with Crippen molar-refractivity contribution in [2.45, 2.75) is 13.0 Å². The Balaban J connectivity index is 1.55. The smallest absolute Gasteiger partial charge is 0.269 e. The topological polar surface area (TPSA) is 131 Å². The van der Waals surface area contributed by atoms with E-state index < -0.39 is 16.9 Å². The van der Waals surface area contributed by atoms with Gasteiger partial charge in [0.1, 0.15) is 17.4 Å². The third-order valence-corrected chi connectivity index (χ3v) is 6.32. The van der Waals surface area contributed by atoms with Gasteiger partial charge in [0.25, 0.3) is 17.5 Å². The zero-order valence-corrected chi connectivity index (χ0v) is 20.8. The number of non-ortho nitro benzene ring substituents is 1. The maximum atomic E-state index is 13.5. The fourth-order valence-electron chi connectivity index (χ4n) is 4.25. The van der Waals surface area contributed by atoms with Crippen LogP contribution in [0.15, 0.2) is 96.3 Å². The van der Waals surface area contributed by atoms with Crippen LogP contribution in [0.4, 0.5) is 22.9 Å². The van der Waals surface area contributed by atoms with Crippen molar-refractivity contribution in [2.75, 3.05) is 16.0 Å². The molecule has 2 amide bonds. The summed E-state index contributed by atoms with van der Waals surface area (Å²) in [6, 6.07) is 20.8. The molecule has 190 valence electrons. The van der Waals surface area contributed by atoms with Crippen LogP contribution in [0.2, 0.25) is 5.02 Å². The second kappa shape index (κ2) is 10.2. The number of rotatable bonds is 6. The van der Waals surface area contributed by atoms with Gasteiger partial charge in [-0.25, -0.2) is 4.68 Å². The van der Waals surface area contributed by atoms with Crippen molar-refractivity contribution in [3.05, 3.63) is 123 Å². The lowest BCUT2D eigenvalue weighted by molar-refractivity contribution is -0.384.